The highest BCUT2D eigenvalue weighted by Gasteiger charge is 2.18. The van der Waals surface area contributed by atoms with Crippen LogP contribution in [0.1, 0.15) is 29.2 Å². The average Bonchev–Trinajstić information content (AvgIpc) is 2.62. The van der Waals surface area contributed by atoms with Crippen LogP contribution in [-0.2, 0) is 0 Å². The number of hydrogen-bond acceptors (Lipinski definition) is 3. The van der Waals surface area contributed by atoms with Crippen molar-refractivity contribution in [2.45, 2.75) is 24.1 Å². The standard InChI is InChI=1S/C20H24F2N2S/c21-17-5-1-15(2-6-17)20(16-3-7-18(22)8-4-16)25-14-13-24-11-9-19(23)10-12-24/h1-8,19-20H,9-14,23H2. The zero-order chi connectivity index (χ0) is 17.6. The van der Waals surface area contributed by atoms with Gasteiger partial charge in [-0.25, -0.2) is 8.78 Å². The fourth-order valence-corrected chi connectivity index (χ4v) is 4.43. The summed E-state index contributed by atoms with van der Waals surface area (Å²) >= 11 is 1.82. The molecule has 1 fully saturated rings. The van der Waals surface area contributed by atoms with Crippen LogP contribution in [-0.4, -0.2) is 36.3 Å². The molecule has 2 N–H and O–H groups in total. The highest BCUT2D eigenvalue weighted by atomic mass is 32.2. The van der Waals surface area contributed by atoms with E-state index in [1.54, 1.807) is 0 Å². The molecule has 0 radical (unpaired) electrons. The Hall–Kier alpha value is -1.43. The molecule has 0 saturated carbocycles. The summed E-state index contributed by atoms with van der Waals surface area (Å²) in [6.45, 7) is 3.12. The smallest absolute Gasteiger partial charge is 0.123 e. The molecule has 25 heavy (non-hydrogen) atoms. The summed E-state index contributed by atoms with van der Waals surface area (Å²) < 4.78 is 26.5. The molecular formula is C20H24F2N2S. The number of rotatable bonds is 6. The molecule has 1 saturated heterocycles. The van der Waals surface area contributed by atoms with Crippen molar-refractivity contribution in [1.29, 1.82) is 0 Å². The highest BCUT2D eigenvalue weighted by Crippen LogP contribution is 2.35. The lowest BCUT2D eigenvalue weighted by atomic mass is 10.0. The molecule has 0 spiro atoms. The molecular weight excluding hydrogens is 338 g/mol. The van der Waals surface area contributed by atoms with Crippen LogP contribution in [0.15, 0.2) is 48.5 Å². The zero-order valence-corrected chi connectivity index (χ0v) is 15.0. The second-order valence-electron chi connectivity index (χ2n) is 6.53. The van der Waals surface area contributed by atoms with Gasteiger partial charge in [-0.1, -0.05) is 24.3 Å². The number of halogens is 2. The third-order valence-electron chi connectivity index (χ3n) is 4.67. The number of benzene rings is 2. The van der Waals surface area contributed by atoms with Gasteiger partial charge in [0, 0.05) is 18.3 Å². The van der Waals surface area contributed by atoms with Gasteiger partial charge in [-0.05, 0) is 61.3 Å². The predicted molar refractivity (Wildman–Crippen MR) is 101 cm³/mol. The minimum absolute atomic E-state index is 0.0771. The Morgan fingerprint density at radius 1 is 0.920 bits per heavy atom. The van der Waals surface area contributed by atoms with Crippen LogP contribution in [0.5, 0.6) is 0 Å². The normalized spacial score (nSPS) is 16.5. The van der Waals surface area contributed by atoms with Crippen molar-refractivity contribution in [1.82, 2.24) is 4.90 Å². The van der Waals surface area contributed by atoms with E-state index in [-0.39, 0.29) is 16.9 Å². The summed E-state index contributed by atoms with van der Waals surface area (Å²) in [5, 5.41) is 0.0771. The van der Waals surface area contributed by atoms with E-state index in [1.807, 2.05) is 36.0 Å². The van der Waals surface area contributed by atoms with Crippen LogP contribution in [0, 0.1) is 11.6 Å². The molecule has 0 amide bonds. The maximum Gasteiger partial charge on any atom is 0.123 e. The van der Waals surface area contributed by atoms with Crippen molar-refractivity contribution in [3.05, 3.63) is 71.3 Å². The van der Waals surface area contributed by atoms with Gasteiger partial charge in [0.1, 0.15) is 11.6 Å². The first kappa shape index (κ1) is 18.4. The van der Waals surface area contributed by atoms with Gasteiger partial charge in [-0.15, -0.1) is 11.8 Å². The van der Waals surface area contributed by atoms with Gasteiger partial charge in [0.2, 0.25) is 0 Å². The summed E-state index contributed by atoms with van der Waals surface area (Å²) in [6.07, 6.45) is 2.12. The van der Waals surface area contributed by atoms with Crippen LogP contribution in [0.3, 0.4) is 0 Å². The van der Waals surface area contributed by atoms with E-state index >= 15 is 0 Å². The van der Waals surface area contributed by atoms with Gasteiger partial charge in [0.15, 0.2) is 0 Å². The molecule has 1 aliphatic rings. The maximum absolute atomic E-state index is 13.3. The van der Waals surface area contributed by atoms with E-state index in [9.17, 15) is 8.78 Å². The van der Waals surface area contributed by atoms with Gasteiger partial charge in [0.25, 0.3) is 0 Å². The number of likely N-dealkylation sites (tertiary alicyclic amines) is 1. The SMILES string of the molecule is NC1CCN(CCSC(c2ccc(F)cc2)c2ccc(F)cc2)CC1. The predicted octanol–water partition coefficient (Wildman–Crippen LogP) is 4.21. The lowest BCUT2D eigenvalue weighted by Crippen LogP contribution is -2.40. The van der Waals surface area contributed by atoms with Crippen LogP contribution in [0.25, 0.3) is 0 Å². The first-order valence-corrected chi connectivity index (χ1v) is 9.77. The van der Waals surface area contributed by atoms with Crippen molar-refractivity contribution in [3.8, 4) is 0 Å². The molecule has 134 valence electrons. The van der Waals surface area contributed by atoms with Crippen LogP contribution in [0.2, 0.25) is 0 Å². The lowest BCUT2D eigenvalue weighted by molar-refractivity contribution is 0.225. The molecule has 3 rings (SSSR count). The Bertz CT molecular complexity index is 607. The highest BCUT2D eigenvalue weighted by molar-refractivity contribution is 7.99. The third kappa shape index (κ3) is 5.27. The van der Waals surface area contributed by atoms with Gasteiger partial charge >= 0.3 is 0 Å². The summed E-state index contributed by atoms with van der Waals surface area (Å²) in [5.74, 6) is 0.488. The van der Waals surface area contributed by atoms with Gasteiger partial charge in [0.05, 0.1) is 5.25 Å². The van der Waals surface area contributed by atoms with E-state index in [0.717, 1.165) is 49.4 Å². The first-order valence-electron chi connectivity index (χ1n) is 8.72. The number of nitrogens with zero attached hydrogens (tertiary/aromatic N) is 1. The lowest BCUT2D eigenvalue weighted by Gasteiger charge is -2.30. The molecule has 1 heterocycles. The van der Waals surface area contributed by atoms with Gasteiger partial charge in [-0.2, -0.15) is 0 Å². The maximum atomic E-state index is 13.3. The fraction of sp³-hybridized carbons (Fsp3) is 0.400. The van der Waals surface area contributed by atoms with Crippen molar-refractivity contribution < 1.29 is 8.78 Å². The zero-order valence-electron chi connectivity index (χ0n) is 14.2. The second kappa shape index (κ2) is 8.79. The minimum atomic E-state index is -0.240. The molecule has 2 aromatic carbocycles. The largest absolute Gasteiger partial charge is 0.328 e. The Morgan fingerprint density at radius 2 is 1.40 bits per heavy atom. The molecule has 2 nitrogen and oxygen atoms in total. The Labute approximate surface area is 152 Å². The van der Waals surface area contributed by atoms with Crippen LogP contribution >= 0.6 is 11.8 Å². The van der Waals surface area contributed by atoms with E-state index in [0.29, 0.717) is 6.04 Å². The quantitative estimate of drug-likeness (QED) is 0.835. The summed E-state index contributed by atoms with van der Waals surface area (Å²) in [7, 11) is 0. The molecule has 1 aliphatic heterocycles. The van der Waals surface area contributed by atoms with Gasteiger partial charge < -0.3 is 10.6 Å². The third-order valence-corrected chi connectivity index (χ3v) is 5.97. The molecule has 0 aliphatic carbocycles. The van der Waals surface area contributed by atoms with E-state index < -0.39 is 0 Å². The molecule has 0 unspecified atom stereocenters. The molecule has 0 aromatic heterocycles. The molecule has 2 aromatic rings. The number of hydrogen-bond donors (Lipinski definition) is 1. The Morgan fingerprint density at radius 3 is 1.88 bits per heavy atom. The summed E-state index contributed by atoms with van der Waals surface area (Å²) in [4.78, 5) is 2.45. The average molecular weight is 362 g/mol. The Balaban J connectivity index is 1.66. The minimum Gasteiger partial charge on any atom is -0.328 e. The monoisotopic (exact) mass is 362 g/mol. The van der Waals surface area contributed by atoms with Crippen LogP contribution in [0.4, 0.5) is 8.78 Å². The number of thioether (sulfide) groups is 1. The molecule has 0 bridgehead atoms. The van der Waals surface area contributed by atoms with Crippen molar-refractivity contribution in [2.24, 2.45) is 5.73 Å². The van der Waals surface area contributed by atoms with Crippen molar-refractivity contribution >= 4 is 11.8 Å². The van der Waals surface area contributed by atoms with Gasteiger partial charge in [-0.3, -0.25) is 0 Å². The summed E-state index contributed by atoms with van der Waals surface area (Å²) in [5.41, 5.74) is 8.04. The van der Waals surface area contributed by atoms with Crippen molar-refractivity contribution in [3.63, 3.8) is 0 Å². The number of nitrogens with two attached hydrogens (primary N) is 1. The van der Waals surface area contributed by atoms with Crippen LogP contribution < -0.4 is 5.73 Å². The first-order chi connectivity index (χ1) is 12.1. The van der Waals surface area contributed by atoms with E-state index in [4.69, 9.17) is 5.73 Å². The fourth-order valence-electron chi connectivity index (χ4n) is 3.14. The topological polar surface area (TPSA) is 29.3 Å². The van der Waals surface area contributed by atoms with E-state index in [2.05, 4.69) is 4.90 Å². The van der Waals surface area contributed by atoms with E-state index in [1.165, 1.54) is 24.3 Å². The Kier molecular flexibility index (Phi) is 6.45. The number of piperidine rings is 1. The second-order valence-corrected chi connectivity index (χ2v) is 7.75. The molecule has 0 atom stereocenters. The summed E-state index contributed by atoms with van der Waals surface area (Å²) in [6, 6.07) is 13.5. The van der Waals surface area contributed by atoms with Crippen molar-refractivity contribution in [2.75, 3.05) is 25.4 Å². The molecule has 5 heteroatoms.